The van der Waals surface area contributed by atoms with Gasteiger partial charge in [-0.05, 0) is 49.1 Å². The highest BCUT2D eigenvalue weighted by Gasteiger charge is 2.18. The quantitative estimate of drug-likeness (QED) is 0.875. The summed E-state index contributed by atoms with van der Waals surface area (Å²) in [5.41, 5.74) is 2.19. The predicted molar refractivity (Wildman–Crippen MR) is 83.9 cm³/mol. The van der Waals surface area contributed by atoms with E-state index in [1.54, 1.807) is 0 Å². The van der Waals surface area contributed by atoms with Crippen LogP contribution in [0.3, 0.4) is 0 Å². The van der Waals surface area contributed by atoms with Crippen LogP contribution in [0.25, 0.3) is 0 Å². The van der Waals surface area contributed by atoms with Gasteiger partial charge in [0.25, 0.3) is 0 Å². The van der Waals surface area contributed by atoms with Crippen molar-refractivity contribution < 1.29 is 0 Å². The Morgan fingerprint density at radius 1 is 1.47 bits per heavy atom. The van der Waals surface area contributed by atoms with Crippen LogP contribution in [0, 0.1) is 0 Å². The van der Waals surface area contributed by atoms with Crippen molar-refractivity contribution in [1.29, 1.82) is 0 Å². The summed E-state index contributed by atoms with van der Waals surface area (Å²) in [5, 5.41) is 8.28. The second-order valence-corrected chi connectivity index (χ2v) is 6.33. The molecule has 2 aromatic rings. The molecule has 0 saturated carbocycles. The standard InChI is InChI=1S/C13H15BrClN3S/c1-3-11-13(19-18-17-11)12(16-2)6-8-4-5-9(14)7-10(8)15/h4-5,7,12,16H,3,6H2,1-2H3. The minimum absolute atomic E-state index is 0.202. The molecule has 19 heavy (non-hydrogen) atoms. The van der Waals surface area contributed by atoms with Crippen molar-refractivity contribution in [2.45, 2.75) is 25.8 Å². The van der Waals surface area contributed by atoms with Gasteiger partial charge in [0.05, 0.1) is 10.6 Å². The molecular formula is C13H15BrClN3S. The van der Waals surface area contributed by atoms with E-state index in [1.165, 1.54) is 16.4 Å². The van der Waals surface area contributed by atoms with Gasteiger partial charge in [0.15, 0.2) is 0 Å². The lowest BCUT2D eigenvalue weighted by molar-refractivity contribution is 0.595. The van der Waals surface area contributed by atoms with E-state index in [4.69, 9.17) is 11.6 Å². The zero-order valence-corrected chi connectivity index (χ0v) is 13.9. The van der Waals surface area contributed by atoms with E-state index in [-0.39, 0.29) is 6.04 Å². The molecule has 1 N–H and O–H groups in total. The molecule has 102 valence electrons. The smallest absolute Gasteiger partial charge is 0.0801 e. The SMILES string of the molecule is CCc1nnsc1C(Cc1ccc(Br)cc1Cl)NC. The Labute approximate surface area is 130 Å². The summed E-state index contributed by atoms with van der Waals surface area (Å²) in [6.07, 6.45) is 1.73. The molecule has 0 radical (unpaired) electrons. The number of nitrogens with zero attached hydrogens (tertiary/aromatic N) is 2. The molecule has 6 heteroatoms. The van der Waals surface area contributed by atoms with E-state index < -0.39 is 0 Å². The second-order valence-electron chi connectivity index (χ2n) is 4.22. The van der Waals surface area contributed by atoms with Crippen LogP contribution in [0.5, 0.6) is 0 Å². The van der Waals surface area contributed by atoms with E-state index in [1.807, 2.05) is 19.2 Å². The number of hydrogen-bond acceptors (Lipinski definition) is 4. The maximum absolute atomic E-state index is 6.28. The number of aryl methyl sites for hydroxylation is 1. The van der Waals surface area contributed by atoms with Crippen molar-refractivity contribution in [2.24, 2.45) is 0 Å². The molecule has 1 aromatic heterocycles. The van der Waals surface area contributed by atoms with Crippen LogP contribution in [0.2, 0.25) is 5.02 Å². The first-order chi connectivity index (χ1) is 9.15. The van der Waals surface area contributed by atoms with E-state index in [9.17, 15) is 0 Å². The highest BCUT2D eigenvalue weighted by Crippen LogP contribution is 2.28. The fourth-order valence-corrected chi connectivity index (χ4v) is 3.56. The topological polar surface area (TPSA) is 37.8 Å². The van der Waals surface area contributed by atoms with Gasteiger partial charge in [-0.3, -0.25) is 0 Å². The largest absolute Gasteiger partial charge is 0.312 e. The first-order valence-electron chi connectivity index (χ1n) is 6.08. The van der Waals surface area contributed by atoms with Crippen LogP contribution < -0.4 is 5.32 Å². The molecule has 0 spiro atoms. The fourth-order valence-electron chi connectivity index (χ4n) is 1.96. The molecule has 1 atom stereocenters. The van der Waals surface area contributed by atoms with Crippen LogP contribution in [0.4, 0.5) is 0 Å². The van der Waals surface area contributed by atoms with Crippen LogP contribution >= 0.6 is 39.1 Å². The molecule has 0 bridgehead atoms. The monoisotopic (exact) mass is 359 g/mol. The predicted octanol–water partition coefficient (Wildman–Crippen LogP) is 4.02. The summed E-state index contributed by atoms with van der Waals surface area (Å²) in [6, 6.07) is 6.19. The Hall–Kier alpha value is -0.490. The van der Waals surface area contributed by atoms with Crippen molar-refractivity contribution in [3.63, 3.8) is 0 Å². The van der Waals surface area contributed by atoms with Crippen LogP contribution in [0.15, 0.2) is 22.7 Å². The van der Waals surface area contributed by atoms with Gasteiger partial charge in [0.1, 0.15) is 0 Å². The number of benzene rings is 1. The number of rotatable bonds is 5. The van der Waals surface area contributed by atoms with Crippen LogP contribution in [-0.2, 0) is 12.8 Å². The van der Waals surface area contributed by atoms with Gasteiger partial charge in [-0.15, -0.1) is 5.10 Å². The zero-order chi connectivity index (χ0) is 13.8. The summed E-state index contributed by atoms with van der Waals surface area (Å²) in [6.45, 7) is 2.10. The van der Waals surface area contributed by atoms with Crippen LogP contribution in [0.1, 0.15) is 29.1 Å². The van der Waals surface area contributed by atoms with Crippen molar-refractivity contribution in [3.05, 3.63) is 43.8 Å². The molecule has 3 nitrogen and oxygen atoms in total. The number of likely N-dealkylation sites (N-methyl/N-ethyl adjacent to an activating group) is 1. The average Bonchev–Trinajstić information content (AvgIpc) is 2.86. The lowest BCUT2D eigenvalue weighted by Crippen LogP contribution is -2.19. The third kappa shape index (κ3) is 3.54. The summed E-state index contributed by atoms with van der Waals surface area (Å²) in [4.78, 5) is 1.20. The molecular weight excluding hydrogens is 346 g/mol. The summed E-state index contributed by atoms with van der Waals surface area (Å²) in [7, 11) is 1.95. The molecule has 0 aliphatic carbocycles. The van der Waals surface area contributed by atoms with Gasteiger partial charge in [-0.25, -0.2) is 0 Å². The molecule has 1 unspecified atom stereocenters. The first kappa shape index (κ1) is 14.9. The van der Waals surface area contributed by atoms with E-state index in [0.29, 0.717) is 0 Å². The Kier molecular flexibility index (Phi) is 5.33. The van der Waals surface area contributed by atoms with Gasteiger partial charge in [-0.2, -0.15) is 0 Å². The lowest BCUT2D eigenvalue weighted by Gasteiger charge is -2.16. The van der Waals surface area contributed by atoms with Crippen molar-refractivity contribution in [2.75, 3.05) is 7.05 Å². The number of nitrogens with one attached hydrogen (secondary N) is 1. The van der Waals surface area contributed by atoms with Crippen LogP contribution in [-0.4, -0.2) is 16.6 Å². The van der Waals surface area contributed by atoms with Crippen molar-refractivity contribution in [1.82, 2.24) is 14.9 Å². The summed E-state index contributed by atoms with van der Waals surface area (Å²) < 4.78 is 5.05. The van der Waals surface area contributed by atoms with Gasteiger partial charge in [0, 0.05) is 15.5 Å². The molecule has 0 aliphatic heterocycles. The second kappa shape index (κ2) is 6.79. The summed E-state index contributed by atoms with van der Waals surface area (Å²) in [5.74, 6) is 0. The Balaban J connectivity index is 2.24. The number of halogens is 2. The third-order valence-electron chi connectivity index (χ3n) is 3.02. The third-order valence-corrected chi connectivity index (χ3v) is 4.75. The summed E-state index contributed by atoms with van der Waals surface area (Å²) >= 11 is 11.2. The van der Waals surface area contributed by atoms with Crippen molar-refractivity contribution in [3.8, 4) is 0 Å². The minimum atomic E-state index is 0.202. The Morgan fingerprint density at radius 3 is 2.89 bits per heavy atom. The highest BCUT2D eigenvalue weighted by molar-refractivity contribution is 9.10. The van der Waals surface area contributed by atoms with Gasteiger partial charge in [0.2, 0.25) is 0 Å². The molecule has 0 saturated heterocycles. The van der Waals surface area contributed by atoms with E-state index in [2.05, 4.69) is 43.8 Å². The highest BCUT2D eigenvalue weighted by atomic mass is 79.9. The van der Waals surface area contributed by atoms with Gasteiger partial charge < -0.3 is 5.32 Å². The molecule has 0 amide bonds. The molecule has 2 rings (SSSR count). The van der Waals surface area contributed by atoms with Crippen molar-refractivity contribution >= 4 is 39.1 Å². The number of aromatic nitrogens is 2. The molecule has 0 aliphatic rings. The maximum Gasteiger partial charge on any atom is 0.0801 e. The molecule has 1 aromatic carbocycles. The molecule has 0 fully saturated rings. The molecule has 1 heterocycles. The average molecular weight is 361 g/mol. The fraction of sp³-hybridized carbons (Fsp3) is 0.385. The Morgan fingerprint density at radius 2 is 2.26 bits per heavy atom. The zero-order valence-electron chi connectivity index (χ0n) is 10.8. The minimum Gasteiger partial charge on any atom is -0.312 e. The van der Waals surface area contributed by atoms with E-state index >= 15 is 0 Å². The Bertz CT molecular complexity index is 559. The number of hydrogen-bond donors (Lipinski definition) is 1. The van der Waals surface area contributed by atoms with E-state index in [0.717, 1.165) is 33.6 Å². The first-order valence-corrected chi connectivity index (χ1v) is 8.02. The van der Waals surface area contributed by atoms with Gasteiger partial charge >= 0.3 is 0 Å². The normalized spacial score (nSPS) is 12.6. The maximum atomic E-state index is 6.28. The lowest BCUT2D eigenvalue weighted by atomic mass is 10.0. The van der Waals surface area contributed by atoms with Gasteiger partial charge in [-0.1, -0.05) is 45.0 Å².